The second-order valence-electron chi connectivity index (χ2n) is 6.54. The average molecular weight is 387 g/mol. The van der Waals surface area contributed by atoms with Crippen LogP contribution in [0.3, 0.4) is 0 Å². The molecule has 1 N–H and O–H groups in total. The van der Waals surface area contributed by atoms with Gasteiger partial charge in [0.05, 0.1) is 17.0 Å². The maximum absolute atomic E-state index is 14.8. The number of aromatic nitrogens is 7. The number of rotatable bonds is 3. The van der Waals surface area contributed by atoms with Crippen LogP contribution < -0.4 is 0 Å². The van der Waals surface area contributed by atoms with Crippen molar-refractivity contribution in [2.24, 2.45) is 0 Å². The third-order valence-electron chi connectivity index (χ3n) is 4.28. The van der Waals surface area contributed by atoms with Gasteiger partial charge in [0.25, 0.3) is 5.95 Å². The molecule has 7 nitrogen and oxygen atoms in total. The van der Waals surface area contributed by atoms with Crippen LogP contribution in [0.25, 0.3) is 23.0 Å². The molecule has 28 heavy (non-hydrogen) atoms. The molecule has 0 saturated carbocycles. The van der Waals surface area contributed by atoms with Crippen molar-refractivity contribution in [2.75, 3.05) is 0 Å². The van der Waals surface area contributed by atoms with Crippen LogP contribution in [-0.4, -0.2) is 34.7 Å². The van der Waals surface area contributed by atoms with E-state index in [1.54, 1.807) is 33.8 Å². The molecule has 4 aromatic rings. The molecule has 144 valence electrons. The van der Waals surface area contributed by atoms with Crippen molar-refractivity contribution in [3.8, 4) is 23.0 Å². The number of aryl methyl sites for hydroxylation is 4. The molecule has 10 heteroatoms. The smallest absolute Gasteiger partial charge is 0.257 e. The van der Waals surface area contributed by atoms with Crippen LogP contribution in [0.2, 0.25) is 0 Å². The van der Waals surface area contributed by atoms with Crippen LogP contribution >= 0.6 is 0 Å². The van der Waals surface area contributed by atoms with Gasteiger partial charge in [0, 0.05) is 11.4 Å². The maximum atomic E-state index is 14.8. The zero-order valence-electron chi connectivity index (χ0n) is 15.5. The molecule has 0 spiro atoms. The SMILES string of the molecule is Cc1cc(C)n(-c2n[nH]c(-c3cc(F)c(-n4nc(C)cc4C)c(F)c3F)n2)n1. The lowest BCUT2D eigenvalue weighted by Crippen LogP contribution is -2.08. The Morgan fingerprint density at radius 1 is 0.821 bits per heavy atom. The molecule has 1 aromatic carbocycles. The molecule has 0 bridgehead atoms. The van der Waals surface area contributed by atoms with Crippen LogP contribution in [0, 0.1) is 45.1 Å². The van der Waals surface area contributed by atoms with Gasteiger partial charge in [-0.25, -0.2) is 22.5 Å². The van der Waals surface area contributed by atoms with Gasteiger partial charge >= 0.3 is 0 Å². The highest BCUT2D eigenvalue weighted by atomic mass is 19.2. The molecule has 3 aromatic heterocycles. The number of nitrogens with one attached hydrogen (secondary N) is 1. The number of halogens is 3. The minimum absolute atomic E-state index is 0.113. The predicted octanol–water partition coefficient (Wildman–Crippen LogP) is 3.49. The number of benzene rings is 1. The Hall–Kier alpha value is -3.43. The highest BCUT2D eigenvalue weighted by Gasteiger charge is 2.24. The second kappa shape index (κ2) is 6.32. The van der Waals surface area contributed by atoms with E-state index in [2.05, 4.69) is 25.4 Å². The zero-order chi connectivity index (χ0) is 20.2. The van der Waals surface area contributed by atoms with E-state index >= 15 is 0 Å². The van der Waals surface area contributed by atoms with Gasteiger partial charge in [-0.2, -0.15) is 15.2 Å². The summed E-state index contributed by atoms with van der Waals surface area (Å²) in [5, 5.41) is 14.7. The summed E-state index contributed by atoms with van der Waals surface area (Å²) in [6.07, 6.45) is 0. The van der Waals surface area contributed by atoms with E-state index in [-0.39, 0.29) is 17.3 Å². The topological polar surface area (TPSA) is 77.2 Å². The Labute approximate surface area is 157 Å². The van der Waals surface area contributed by atoms with Crippen molar-refractivity contribution in [3.05, 3.63) is 58.4 Å². The second-order valence-corrected chi connectivity index (χ2v) is 6.54. The summed E-state index contributed by atoms with van der Waals surface area (Å²) in [6.45, 7) is 6.92. The third kappa shape index (κ3) is 2.77. The summed E-state index contributed by atoms with van der Waals surface area (Å²) in [6, 6.07) is 4.33. The first-order valence-electron chi connectivity index (χ1n) is 8.44. The lowest BCUT2D eigenvalue weighted by molar-refractivity contribution is 0.485. The summed E-state index contributed by atoms with van der Waals surface area (Å²) in [4.78, 5) is 4.13. The first-order valence-corrected chi connectivity index (χ1v) is 8.44. The maximum Gasteiger partial charge on any atom is 0.270 e. The minimum atomic E-state index is -1.36. The number of nitrogens with zero attached hydrogens (tertiary/aromatic N) is 6. The largest absolute Gasteiger partial charge is 0.270 e. The fourth-order valence-corrected chi connectivity index (χ4v) is 3.11. The molecule has 0 aliphatic carbocycles. The molecule has 0 amide bonds. The van der Waals surface area contributed by atoms with E-state index in [9.17, 15) is 13.2 Å². The molecular formula is C18H16F3N7. The van der Waals surface area contributed by atoms with Crippen LogP contribution in [-0.2, 0) is 0 Å². The van der Waals surface area contributed by atoms with Crippen LogP contribution in [0.5, 0.6) is 0 Å². The van der Waals surface area contributed by atoms with Gasteiger partial charge in [-0.3, -0.25) is 5.10 Å². The van der Waals surface area contributed by atoms with E-state index in [0.717, 1.165) is 22.1 Å². The molecule has 0 fully saturated rings. The standard InChI is InChI=1S/C18H16F3N7/c1-8-5-10(3)27(25-8)16-13(19)7-12(14(20)15(16)21)17-22-18(24-23-17)28-11(4)6-9(2)26-28/h5-7H,1-4H3,(H,22,23,24). The molecule has 0 radical (unpaired) electrons. The summed E-state index contributed by atoms with van der Waals surface area (Å²) >= 11 is 0. The first-order chi connectivity index (χ1) is 13.3. The Morgan fingerprint density at radius 3 is 2.00 bits per heavy atom. The Morgan fingerprint density at radius 2 is 1.43 bits per heavy atom. The Kier molecular flexibility index (Phi) is 4.06. The average Bonchev–Trinajstić information content (AvgIpc) is 3.31. The molecule has 0 unspecified atom stereocenters. The van der Waals surface area contributed by atoms with Crippen molar-refractivity contribution in [3.63, 3.8) is 0 Å². The summed E-state index contributed by atoms with van der Waals surface area (Å²) in [7, 11) is 0. The third-order valence-corrected chi connectivity index (χ3v) is 4.28. The van der Waals surface area contributed by atoms with E-state index in [1.807, 2.05) is 6.07 Å². The summed E-state index contributed by atoms with van der Waals surface area (Å²) in [5.74, 6) is -3.55. The van der Waals surface area contributed by atoms with Crippen molar-refractivity contribution in [1.29, 1.82) is 0 Å². The van der Waals surface area contributed by atoms with Crippen molar-refractivity contribution < 1.29 is 13.2 Å². The van der Waals surface area contributed by atoms with Crippen molar-refractivity contribution >= 4 is 0 Å². The molecule has 0 atom stereocenters. The van der Waals surface area contributed by atoms with Gasteiger partial charge in [0.2, 0.25) is 0 Å². The number of H-pyrrole nitrogens is 1. The van der Waals surface area contributed by atoms with E-state index in [0.29, 0.717) is 11.4 Å². The number of hydrogen-bond acceptors (Lipinski definition) is 4. The van der Waals surface area contributed by atoms with Gasteiger partial charge in [-0.1, -0.05) is 0 Å². The van der Waals surface area contributed by atoms with Gasteiger partial charge in [-0.15, -0.1) is 5.10 Å². The Balaban J connectivity index is 1.82. The quantitative estimate of drug-likeness (QED) is 0.546. The first kappa shape index (κ1) is 18.0. The molecule has 4 rings (SSSR count). The lowest BCUT2D eigenvalue weighted by Gasteiger charge is -2.10. The van der Waals surface area contributed by atoms with Crippen LogP contribution in [0.15, 0.2) is 18.2 Å². The monoisotopic (exact) mass is 387 g/mol. The zero-order valence-corrected chi connectivity index (χ0v) is 15.5. The number of hydrogen-bond donors (Lipinski definition) is 1. The van der Waals surface area contributed by atoms with Crippen LogP contribution in [0.1, 0.15) is 22.8 Å². The summed E-state index contributed by atoms with van der Waals surface area (Å²) in [5.41, 5.74) is 1.60. The van der Waals surface area contributed by atoms with E-state index < -0.39 is 23.1 Å². The fourth-order valence-electron chi connectivity index (χ4n) is 3.11. The predicted molar refractivity (Wildman–Crippen MR) is 94.9 cm³/mol. The molecule has 0 aliphatic heterocycles. The van der Waals surface area contributed by atoms with E-state index in [1.165, 1.54) is 4.68 Å². The highest BCUT2D eigenvalue weighted by molar-refractivity contribution is 5.60. The lowest BCUT2D eigenvalue weighted by atomic mass is 10.1. The molecular weight excluding hydrogens is 371 g/mol. The fraction of sp³-hybridized carbons (Fsp3) is 0.222. The minimum Gasteiger partial charge on any atom is -0.257 e. The van der Waals surface area contributed by atoms with Gasteiger partial charge in [-0.05, 0) is 45.9 Å². The summed E-state index contributed by atoms with van der Waals surface area (Å²) < 4.78 is 46.7. The molecule has 3 heterocycles. The molecule has 0 saturated heterocycles. The number of aromatic amines is 1. The molecule has 0 aliphatic rings. The van der Waals surface area contributed by atoms with E-state index in [4.69, 9.17) is 0 Å². The van der Waals surface area contributed by atoms with Gasteiger partial charge < -0.3 is 0 Å². The highest BCUT2D eigenvalue weighted by Crippen LogP contribution is 2.29. The van der Waals surface area contributed by atoms with Gasteiger partial charge in [0.15, 0.2) is 23.3 Å². The Bertz CT molecular complexity index is 1200. The van der Waals surface area contributed by atoms with Crippen molar-refractivity contribution in [2.45, 2.75) is 27.7 Å². The van der Waals surface area contributed by atoms with Gasteiger partial charge in [0.1, 0.15) is 5.69 Å². The normalized spacial score (nSPS) is 11.4. The van der Waals surface area contributed by atoms with Crippen LogP contribution in [0.4, 0.5) is 13.2 Å². The van der Waals surface area contributed by atoms with Crippen molar-refractivity contribution in [1.82, 2.24) is 34.7 Å².